The van der Waals surface area contributed by atoms with Crippen LogP contribution < -0.4 is 5.32 Å². The highest BCUT2D eigenvalue weighted by molar-refractivity contribution is 5.91. The number of rotatable bonds is 8. The van der Waals surface area contributed by atoms with Crippen LogP contribution in [-0.4, -0.2) is 49.4 Å². The molecule has 0 saturated carbocycles. The van der Waals surface area contributed by atoms with Gasteiger partial charge in [-0.15, -0.1) is 0 Å². The van der Waals surface area contributed by atoms with Gasteiger partial charge in [-0.05, 0) is 19.1 Å². The van der Waals surface area contributed by atoms with Crippen molar-refractivity contribution in [2.45, 2.75) is 19.8 Å². The van der Waals surface area contributed by atoms with E-state index in [1.807, 2.05) is 0 Å². The highest BCUT2D eigenvalue weighted by atomic mass is 16.5. The van der Waals surface area contributed by atoms with E-state index < -0.39 is 0 Å². The quantitative estimate of drug-likeness (QED) is 0.717. The molecule has 1 aromatic rings. The lowest BCUT2D eigenvalue weighted by Gasteiger charge is -2.16. The Hall–Kier alpha value is -2.31. The molecule has 1 aromatic heterocycles. The number of nitrogens with zero attached hydrogens (tertiary/aromatic N) is 1. The summed E-state index contributed by atoms with van der Waals surface area (Å²) in [6, 6.07) is 3.16. The van der Waals surface area contributed by atoms with Crippen LogP contribution in [0.15, 0.2) is 22.8 Å². The van der Waals surface area contributed by atoms with Gasteiger partial charge in [-0.2, -0.15) is 0 Å². The Labute approximate surface area is 123 Å². The highest BCUT2D eigenvalue weighted by Gasteiger charge is 2.12. The molecule has 116 valence electrons. The van der Waals surface area contributed by atoms with E-state index in [-0.39, 0.29) is 42.9 Å². The van der Waals surface area contributed by atoms with Gasteiger partial charge < -0.3 is 19.4 Å². The van der Waals surface area contributed by atoms with E-state index in [2.05, 4.69) is 5.32 Å². The summed E-state index contributed by atoms with van der Waals surface area (Å²) < 4.78 is 9.71. The number of carbonyl (C=O) groups is 3. The van der Waals surface area contributed by atoms with Gasteiger partial charge >= 0.3 is 5.97 Å². The van der Waals surface area contributed by atoms with E-state index in [4.69, 9.17) is 9.15 Å². The predicted molar refractivity (Wildman–Crippen MR) is 74.5 cm³/mol. The molecule has 0 saturated heterocycles. The van der Waals surface area contributed by atoms with Crippen molar-refractivity contribution in [2.75, 3.05) is 26.7 Å². The molecule has 0 atom stereocenters. The van der Waals surface area contributed by atoms with Crippen LogP contribution in [0, 0.1) is 0 Å². The minimum atomic E-state index is -0.359. The lowest BCUT2D eigenvalue weighted by Crippen LogP contribution is -2.33. The Morgan fingerprint density at radius 3 is 2.71 bits per heavy atom. The summed E-state index contributed by atoms with van der Waals surface area (Å²) in [5.41, 5.74) is 0. The highest BCUT2D eigenvalue weighted by Crippen LogP contribution is 1.99. The molecule has 1 N–H and O–H groups in total. The molecule has 0 aliphatic heterocycles. The van der Waals surface area contributed by atoms with Crippen molar-refractivity contribution in [1.82, 2.24) is 10.2 Å². The summed E-state index contributed by atoms with van der Waals surface area (Å²) in [5, 5.41) is 2.58. The molecule has 0 fully saturated rings. The van der Waals surface area contributed by atoms with Crippen molar-refractivity contribution < 1.29 is 23.5 Å². The van der Waals surface area contributed by atoms with Crippen molar-refractivity contribution in [1.29, 1.82) is 0 Å². The molecule has 2 amide bonds. The van der Waals surface area contributed by atoms with Crippen LogP contribution in [0.1, 0.15) is 30.3 Å². The molecule has 1 heterocycles. The first kappa shape index (κ1) is 16.7. The van der Waals surface area contributed by atoms with Crippen molar-refractivity contribution in [3.63, 3.8) is 0 Å². The Bertz CT molecular complexity index is 470. The molecule has 7 nitrogen and oxygen atoms in total. The summed E-state index contributed by atoms with van der Waals surface area (Å²) in [6.07, 6.45) is 1.73. The molecule has 1 rings (SSSR count). The molecular weight excluding hydrogens is 276 g/mol. The van der Waals surface area contributed by atoms with Crippen LogP contribution in [0.5, 0.6) is 0 Å². The molecule has 0 radical (unpaired) electrons. The first-order chi connectivity index (χ1) is 10.0. The molecular formula is C14H20N2O5. The molecule has 7 heteroatoms. The molecule has 0 unspecified atom stereocenters. The summed E-state index contributed by atoms with van der Waals surface area (Å²) >= 11 is 0. The van der Waals surface area contributed by atoms with Crippen LogP contribution in [0.3, 0.4) is 0 Å². The van der Waals surface area contributed by atoms with Gasteiger partial charge in [0.25, 0.3) is 5.91 Å². The second-order valence-corrected chi connectivity index (χ2v) is 4.35. The predicted octanol–water partition coefficient (Wildman–Crippen LogP) is 0.811. The average molecular weight is 296 g/mol. The third kappa shape index (κ3) is 6.11. The number of hydrogen-bond donors (Lipinski definition) is 1. The standard InChI is InChI=1S/C14H20N2O5/c1-3-20-13(18)7-9-16(2)12(17)6-8-15-14(19)11-5-4-10-21-11/h4-5,10H,3,6-9H2,1-2H3,(H,15,19). The van der Waals surface area contributed by atoms with Gasteiger partial charge in [0, 0.05) is 26.6 Å². The van der Waals surface area contributed by atoms with Crippen molar-refractivity contribution in [3.8, 4) is 0 Å². The largest absolute Gasteiger partial charge is 0.466 e. The van der Waals surface area contributed by atoms with E-state index in [9.17, 15) is 14.4 Å². The zero-order chi connectivity index (χ0) is 15.7. The lowest BCUT2D eigenvalue weighted by atomic mass is 10.3. The van der Waals surface area contributed by atoms with Gasteiger partial charge in [-0.1, -0.05) is 0 Å². The maximum Gasteiger partial charge on any atom is 0.307 e. The summed E-state index contributed by atoms with van der Waals surface area (Å²) in [4.78, 5) is 36.0. The number of amides is 2. The molecule has 0 aliphatic rings. The van der Waals surface area contributed by atoms with Gasteiger partial charge in [-0.25, -0.2) is 0 Å². The van der Waals surface area contributed by atoms with E-state index in [1.54, 1.807) is 26.1 Å². The van der Waals surface area contributed by atoms with Crippen LogP contribution >= 0.6 is 0 Å². The van der Waals surface area contributed by atoms with Crippen LogP contribution in [0.25, 0.3) is 0 Å². The van der Waals surface area contributed by atoms with Crippen molar-refractivity contribution in [3.05, 3.63) is 24.2 Å². The Morgan fingerprint density at radius 1 is 1.33 bits per heavy atom. The van der Waals surface area contributed by atoms with Gasteiger partial charge in [0.15, 0.2) is 5.76 Å². The monoisotopic (exact) mass is 296 g/mol. The SMILES string of the molecule is CCOC(=O)CCN(C)C(=O)CCNC(=O)c1ccco1. The van der Waals surface area contributed by atoms with Gasteiger partial charge in [0.2, 0.25) is 5.91 Å². The Kier molecular flexibility index (Phi) is 7.00. The summed E-state index contributed by atoms with van der Waals surface area (Å²) in [6.45, 7) is 2.57. The second kappa shape index (κ2) is 8.78. The average Bonchev–Trinajstić information content (AvgIpc) is 2.99. The van der Waals surface area contributed by atoms with Gasteiger partial charge in [0.05, 0.1) is 19.3 Å². The normalized spacial score (nSPS) is 10.0. The van der Waals surface area contributed by atoms with Gasteiger partial charge in [-0.3, -0.25) is 14.4 Å². The van der Waals surface area contributed by atoms with E-state index in [1.165, 1.54) is 11.2 Å². The number of furan rings is 1. The van der Waals surface area contributed by atoms with Crippen LogP contribution in [0.4, 0.5) is 0 Å². The molecule has 0 aliphatic carbocycles. The van der Waals surface area contributed by atoms with Crippen molar-refractivity contribution >= 4 is 17.8 Å². The molecule has 0 aromatic carbocycles. The van der Waals surface area contributed by atoms with Crippen molar-refractivity contribution in [2.24, 2.45) is 0 Å². The fourth-order valence-corrected chi connectivity index (χ4v) is 1.59. The number of ether oxygens (including phenoxy) is 1. The maximum absolute atomic E-state index is 11.8. The topological polar surface area (TPSA) is 88.9 Å². The molecule has 0 bridgehead atoms. The first-order valence-electron chi connectivity index (χ1n) is 6.76. The molecule has 21 heavy (non-hydrogen) atoms. The number of hydrogen-bond acceptors (Lipinski definition) is 5. The maximum atomic E-state index is 11.8. The number of carbonyl (C=O) groups excluding carboxylic acids is 3. The van der Waals surface area contributed by atoms with Crippen LogP contribution in [-0.2, 0) is 14.3 Å². The Morgan fingerprint density at radius 2 is 2.10 bits per heavy atom. The van der Waals surface area contributed by atoms with E-state index in [0.29, 0.717) is 13.2 Å². The minimum Gasteiger partial charge on any atom is -0.466 e. The second-order valence-electron chi connectivity index (χ2n) is 4.35. The van der Waals surface area contributed by atoms with Crippen LogP contribution in [0.2, 0.25) is 0 Å². The number of nitrogens with one attached hydrogen (secondary N) is 1. The summed E-state index contributed by atoms with van der Waals surface area (Å²) in [5.74, 6) is -0.637. The zero-order valence-electron chi connectivity index (χ0n) is 12.3. The fraction of sp³-hybridized carbons (Fsp3) is 0.500. The smallest absolute Gasteiger partial charge is 0.307 e. The number of esters is 1. The van der Waals surface area contributed by atoms with Gasteiger partial charge in [0.1, 0.15) is 0 Å². The van der Waals surface area contributed by atoms with E-state index in [0.717, 1.165) is 0 Å². The molecule has 0 spiro atoms. The lowest BCUT2D eigenvalue weighted by molar-refractivity contribution is -0.143. The fourth-order valence-electron chi connectivity index (χ4n) is 1.59. The third-order valence-electron chi connectivity index (χ3n) is 2.75. The third-order valence-corrected chi connectivity index (χ3v) is 2.75. The first-order valence-corrected chi connectivity index (χ1v) is 6.76. The Balaban J connectivity index is 2.20. The summed E-state index contributed by atoms with van der Waals surface area (Å²) in [7, 11) is 1.61. The minimum absolute atomic E-state index is 0.154. The zero-order valence-corrected chi connectivity index (χ0v) is 12.3. The van der Waals surface area contributed by atoms with E-state index >= 15 is 0 Å².